The predicted octanol–water partition coefficient (Wildman–Crippen LogP) is 3.25. The van der Waals surface area contributed by atoms with Gasteiger partial charge in [0.1, 0.15) is 11.0 Å². The van der Waals surface area contributed by atoms with Crippen LogP contribution in [0.4, 0.5) is 5.82 Å². The van der Waals surface area contributed by atoms with E-state index in [2.05, 4.69) is 9.88 Å². The highest BCUT2D eigenvalue weighted by Gasteiger charge is 2.42. The zero-order valence-electron chi connectivity index (χ0n) is 9.61. The van der Waals surface area contributed by atoms with Gasteiger partial charge in [0.25, 0.3) is 0 Å². The first-order valence-electron chi connectivity index (χ1n) is 6.01. The molecule has 1 saturated heterocycles. The van der Waals surface area contributed by atoms with E-state index in [0.717, 1.165) is 25.9 Å². The molecule has 3 rings (SSSR count). The van der Waals surface area contributed by atoms with Crippen LogP contribution in [0.3, 0.4) is 0 Å². The average molecular weight is 308 g/mol. The van der Waals surface area contributed by atoms with Gasteiger partial charge in [-0.05, 0) is 24.8 Å². The van der Waals surface area contributed by atoms with E-state index in [1.807, 2.05) is 0 Å². The fourth-order valence-corrected chi connectivity index (χ4v) is 3.68. The third-order valence-electron chi connectivity index (χ3n) is 3.99. The van der Waals surface area contributed by atoms with Crippen molar-refractivity contribution < 1.29 is 5.11 Å². The normalized spacial score (nSPS) is 30.9. The molecule has 2 heterocycles. The maximum absolute atomic E-state index is 9.90. The summed E-state index contributed by atoms with van der Waals surface area (Å²) in [7, 11) is 0. The molecular formula is C12H13Cl3N2O. The Hall–Kier alpha value is -0.220. The summed E-state index contributed by atoms with van der Waals surface area (Å²) in [6, 6.07) is 1.62. The van der Waals surface area contributed by atoms with Crippen molar-refractivity contribution in [2.75, 3.05) is 18.0 Å². The van der Waals surface area contributed by atoms with Gasteiger partial charge < -0.3 is 10.0 Å². The predicted molar refractivity (Wildman–Crippen MR) is 73.7 cm³/mol. The number of nitrogens with zero attached hydrogens (tertiary/aromatic N) is 2. The van der Waals surface area contributed by atoms with E-state index in [-0.39, 0.29) is 11.3 Å². The lowest BCUT2D eigenvalue weighted by Crippen LogP contribution is -2.25. The molecule has 0 bridgehead atoms. The van der Waals surface area contributed by atoms with Gasteiger partial charge in [-0.25, -0.2) is 4.98 Å². The standard InChI is InChI=1S/C12H13Cl3N2O/c13-8-3-9(14)12(16-11(8)15)17-4-6-1-2-10(18)7(6)5-17/h3,6-7,10,18H,1-2,4-5H2. The van der Waals surface area contributed by atoms with Gasteiger partial charge in [0.05, 0.1) is 16.1 Å². The van der Waals surface area contributed by atoms with Crippen molar-refractivity contribution >= 4 is 40.6 Å². The Bertz CT molecular complexity index is 483. The zero-order chi connectivity index (χ0) is 12.9. The summed E-state index contributed by atoms with van der Waals surface area (Å²) in [6.07, 6.45) is 1.79. The maximum Gasteiger partial charge on any atom is 0.150 e. The minimum Gasteiger partial charge on any atom is -0.393 e. The number of anilines is 1. The molecular weight excluding hydrogens is 295 g/mol. The first-order valence-corrected chi connectivity index (χ1v) is 7.14. The van der Waals surface area contributed by atoms with Crippen LogP contribution in [-0.4, -0.2) is 29.3 Å². The van der Waals surface area contributed by atoms with Gasteiger partial charge in [-0.1, -0.05) is 34.8 Å². The van der Waals surface area contributed by atoms with Crippen molar-refractivity contribution in [1.29, 1.82) is 0 Å². The molecule has 3 atom stereocenters. The molecule has 6 heteroatoms. The summed E-state index contributed by atoms with van der Waals surface area (Å²) in [5, 5.41) is 11.1. The maximum atomic E-state index is 9.90. The van der Waals surface area contributed by atoms with E-state index >= 15 is 0 Å². The quantitative estimate of drug-likeness (QED) is 0.809. The van der Waals surface area contributed by atoms with Crippen molar-refractivity contribution in [2.24, 2.45) is 11.8 Å². The summed E-state index contributed by atoms with van der Waals surface area (Å²) in [5.74, 6) is 1.54. The van der Waals surface area contributed by atoms with Crippen LogP contribution in [0, 0.1) is 11.8 Å². The zero-order valence-corrected chi connectivity index (χ0v) is 11.9. The van der Waals surface area contributed by atoms with Crippen molar-refractivity contribution in [3.8, 4) is 0 Å². The lowest BCUT2D eigenvalue weighted by molar-refractivity contribution is 0.133. The number of pyridine rings is 1. The highest BCUT2D eigenvalue weighted by molar-refractivity contribution is 6.42. The Morgan fingerprint density at radius 2 is 1.94 bits per heavy atom. The molecule has 1 aliphatic heterocycles. The molecule has 2 fully saturated rings. The van der Waals surface area contributed by atoms with Gasteiger partial charge in [-0.3, -0.25) is 0 Å². The van der Waals surface area contributed by atoms with E-state index in [0.29, 0.717) is 27.7 Å². The Morgan fingerprint density at radius 1 is 1.17 bits per heavy atom. The van der Waals surface area contributed by atoms with Crippen LogP contribution in [0.25, 0.3) is 0 Å². The Kier molecular flexibility index (Phi) is 3.35. The van der Waals surface area contributed by atoms with E-state index in [1.165, 1.54) is 0 Å². The average Bonchev–Trinajstić information content (AvgIpc) is 2.87. The molecule has 0 spiro atoms. The van der Waals surface area contributed by atoms with Crippen LogP contribution >= 0.6 is 34.8 Å². The summed E-state index contributed by atoms with van der Waals surface area (Å²) in [5.41, 5.74) is 0. The number of hydrogen-bond donors (Lipinski definition) is 1. The highest BCUT2D eigenvalue weighted by atomic mass is 35.5. The van der Waals surface area contributed by atoms with Crippen LogP contribution in [0.5, 0.6) is 0 Å². The highest BCUT2D eigenvalue weighted by Crippen LogP contribution is 2.41. The van der Waals surface area contributed by atoms with Crippen LogP contribution in [0.2, 0.25) is 15.2 Å². The minimum atomic E-state index is -0.193. The Morgan fingerprint density at radius 3 is 2.67 bits per heavy atom. The molecule has 2 aliphatic rings. The lowest BCUT2D eigenvalue weighted by Gasteiger charge is -2.20. The topological polar surface area (TPSA) is 36.4 Å². The minimum absolute atomic E-state index is 0.193. The molecule has 1 aliphatic carbocycles. The fraction of sp³-hybridized carbons (Fsp3) is 0.583. The Labute approximate surface area is 121 Å². The molecule has 1 aromatic heterocycles. The fourth-order valence-electron chi connectivity index (χ4n) is 3.07. The van der Waals surface area contributed by atoms with E-state index in [4.69, 9.17) is 34.8 Å². The monoisotopic (exact) mass is 306 g/mol. The Balaban J connectivity index is 1.87. The SMILES string of the molecule is OC1CCC2CN(c3nc(Cl)c(Cl)cc3Cl)CC12. The smallest absolute Gasteiger partial charge is 0.150 e. The van der Waals surface area contributed by atoms with Crippen LogP contribution in [-0.2, 0) is 0 Å². The molecule has 0 aromatic carbocycles. The molecule has 1 N–H and O–H groups in total. The molecule has 1 aromatic rings. The first kappa shape index (κ1) is 12.8. The van der Waals surface area contributed by atoms with Gasteiger partial charge in [0.2, 0.25) is 0 Å². The lowest BCUT2D eigenvalue weighted by atomic mass is 10.00. The summed E-state index contributed by atoms with van der Waals surface area (Å²) < 4.78 is 0. The summed E-state index contributed by atoms with van der Waals surface area (Å²) in [4.78, 5) is 6.35. The number of hydrogen-bond acceptors (Lipinski definition) is 3. The van der Waals surface area contributed by atoms with E-state index < -0.39 is 0 Å². The van der Waals surface area contributed by atoms with Crippen molar-refractivity contribution in [1.82, 2.24) is 4.98 Å². The van der Waals surface area contributed by atoms with Gasteiger partial charge in [0.15, 0.2) is 0 Å². The van der Waals surface area contributed by atoms with Crippen LogP contribution < -0.4 is 4.90 Å². The third-order valence-corrected chi connectivity index (χ3v) is 4.94. The first-order chi connectivity index (χ1) is 8.56. The molecule has 0 radical (unpaired) electrons. The molecule has 3 nitrogen and oxygen atoms in total. The van der Waals surface area contributed by atoms with Gasteiger partial charge in [-0.2, -0.15) is 0 Å². The van der Waals surface area contributed by atoms with Gasteiger partial charge in [0, 0.05) is 19.0 Å². The second kappa shape index (κ2) is 4.71. The largest absolute Gasteiger partial charge is 0.393 e. The molecule has 18 heavy (non-hydrogen) atoms. The number of aliphatic hydroxyl groups excluding tert-OH is 1. The second-order valence-corrected chi connectivity index (χ2v) is 6.21. The van der Waals surface area contributed by atoms with Crippen molar-refractivity contribution in [2.45, 2.75) is 18.9 Å². The van der Waals surface area contributed by atoms with Crippen LogP contribution in [0.1, 0.15) is 12.8 Å². The van der Waals surface area contributed by atoms with E-state index in [9.17, 15) is 5.11 Å². The second-order valence-electron chi connectivity index (χ2n) is 5.04. The summed E-state index contributed by atoms with van der Waals surface area (Å²) >= 11 is 18.0. The van der Waals surface area contributed by atoms with Crippen molar-refractivity contribution in [3.63, 3.8) is 0 Å². The van der Waals surface area contributed by atoms with Gasteiger partial charge >= 0.3 is 0 Å². The molecule has 98 valence electrons. The molecule has 1 saturated carbocycles. The number of rotatable bonds is 1. The molecule has 3 unspecified atom stereocenters. The number of aromatic nitrogens is 1. The number of aliphatic hydroxyl groups is 1. The number of fused-ring (bicyclic) bond motifs is 1. The van der Waals surface area contributed by atoms with Crippen molar-refractivity contribution in [3.05, 3.63) is 21.3 Å². The summed E-state index contributed by atoms with van der Waals surface area (Å²) in [6.45, 7) is 1.67. The van der Waals surface area contributed by atoms with E-state index in [1.54, 1.807) is 6.07 Å². The molecule has 0 amide bonds. The third kappa shape index (κ3) is 2.07. The van der Waals surface area contributed by atoms with Crippen LogP contribution in [0.15, 0.2) is 6.07 Å². The number of halogens is 3. The van der Waals surface area contributed by atoms with Gasteiger partial charge in [-0.15, -0.1) is 0 Å².